The van der Waals surface area contributed by atoms with Crippen molar-refractivity contribution in [3.63, 3.8) is 0 Å². The Balaban J connectivity index is 2.15. The van der Waals surface area contributed by atoms with Gasteiger partial charge in [0.2, 0.25) is 0 Å². The van der Waals surface area contributed by atoms with Gasteiger partial charge in [0, 0.05) is 5.39 Å². The maximum atomic E-state index is 14.1. The lowest BCUT2D eigenvalue weighted by Gasteiger charge is -2.12. The molecule has 0 saturated carbocycles. The molecule has 0 aliphatic rings. The molecule has 1 nitrogen and oxygen atoms in total. The van der Waals surface area contributed by atoms with Gasteiger partial charge in [0.25, 0.3) is 0 Å². The van der Waals surface area contributed by atoms with E-state index in [9.17, 15) is 22.0 Å². The fourth-order valence-corrected chi connectivity index (χ4v) is 2.55. The summed E-state index contributed by atoms with van der Waals surface area (Å²) >= 11 is 0. The molecule has 0 N–H and O–H groups in total. The van der Waals surface area contributed by atoms with E-state index in [1.165, 1.54) is 25.3 Å². The molecule has 0 bridgehead atoms. The predicted molar refractivity (Wildman–Crippen MR) is 80.9 cm³/mol. The molecule has 0 heterocycles. The van der Waals surface area contributed by atoms with Crippen molar-refractivity contribution >= 4 is 10.8 Å². The summed E-state index contributed by atoms with van der Waals surface area (Å²) in [5.41, 5.74) is -0.491. The quantitative estimate of drug-likeness (QED) is 0.536. The second-order valence-electron chi connectivity index (χ2n) is 5.21. The van der Waals surface area contributed by atoms with Crippen LogP contribution in [0.4, 0.5) is 22.0 Å². The molecule has 0 spiro atoms. The third kappa shape index (κ3) is 2.79. The Morgan fingerprint density at radius 2 is 1.46 bits per heavy atom. The van der Waals surface area contributed by atoms with Gasteiger partial charge in [-0.2, -0.15) is 13.2 Å². The van der Waals surface area contributed by atoms with Crippen LogP contribution in [0.1, 0.15) is 5.56 Å². The van der Waals surface area contributed by atoms with Crippen molar-refractivity contribution < 1.29 is 26.7 Å². The molecule has 0 amide bonds. The molecule has 3 aromatic rings. The molecule has 0 saturated heterocycles. The first-order chi connectivity index (χ1) is 11.3. The summed E-state index contributed by atoms with van der Waals surface area (Å²) in [6, 6.07) is 11.8. The van der Waals surface area contributed by atoms with Crippen molar-refractivity contribution in [3.8, 4) is 16.9 Å². The molecule has 6 heteroatoms. The van der Waals surface area contributed by atoms with Crippen molar-refractivity contribution in [3.05, 3.63) is 65.7 Å². The minimum Gasteiger partial charge on any atom is -0.497 e. The molecule has 0 aromatic heterocycles. The van der Waals surface area contributed by atoms with Gasteiger partial charge >= 0.3 is 6.18 Å². The first-order valence-electron chi connectivity index (χ1n) is 6.94. The summed E-state index contributed by atoms with van der Waals surface area (Å²) in [5, 5.41) is -0.215. The van der Waals surface area contributed by atoms with Crippen molar-refractivity contribution in [1.29, 1.82) is 0 Å². The highest BCUT2D eigenvalue weighted by Crippen LogP contribution is 2.37. The number of methoxy groups -OCH3 is 1. The van der Waals surface area contributed by atoms with Crippen molar-refractivity contribution in [2.75, 3.05) is 7.11 Å². The van der Waals surface area contributed by atoms with E-state index < -0.39 is 23.4 Å². The van der Waals surface area contributed by atoms with Crippen LogP contribution in [0.2, 0.25) is 0 Å². The number of benzene rings is 3. The van der Waals surface area contributed by atoms with Crippen LogP contribution < -0.4 is 4.74 Å². The SMILES string of the molecule is COc1ccc(-c2ccc3c(F)c(C(F)(F)F)c(F)cc3c2)cc1. The van der Waals surface area contributed by atoms with Gasteiger partial charge in [0.15, 0.2) is 0 Å². The van der Waals surface area contributed by atoms with Crippen LogP contribution in [0.15, 0.2) is 48.5 Å². The van der Waals surface area contributed by atoms with Gasteiger partial charge in [-0.15, -0.1) is 0 Å². The highest BCUT2D eigenvalue weighted by Gasteiger charge is 2.38. The fraction of sp³-hybridized carbons (Fsp3) is 0.111. The van der Waals surface area contributed by atoms with E-state index in [0.717, 1.165) is 5.56 Å². The zero-order chi connectivity index (χ0) is 17.5. The van der Waals surface area contributed by atoms with Crippen LogP contribution in [0.5, 0.6) is 5.75 Å². The molecule has 0 aliphatic carbocycles. The topological polar surface area (TPSA) is 9.23 Å². The lowest BCUT2D eigenvalue weighted by Crippen LogP contribution is -2.11. The van der Waals surface area contributed by atoms with E-state index >= 15 is 0 Å². The normalized spacial score (nSPS) is 11.8. The number of halogens is 5. The minimum absolute atomic E-state index is 0.0614. The number of hydrogen-bond donors (Lipinski definition) is 0. The molecule has 0 unspecified atom stereocenters. The van der Waals surface area contributed by atoms with Crippen LogP contribution in [-0.4, -0.2) is 7.11 Å². The van der Waals surface area contributed by atoms with Crippen molar-refractivity contribution in [2.45, 2.75) is 6.18 Å². The van der Waals surface area contributed by atoms with Gasteiger partial charge in [-0.3, -0.25) is 0 Å². The molecule has 3 rings (SSSR count). The average molecular weight is 338 g/mol. The van der Waals surface area contributed by atoms with Gasteiger partial charge in [-0.25, -0.2) is 8.78 Å². The minimum atomic E-state index is -5.09. The van der Waals surface area contributed by atoms with E-state index in [0.29, 0.717) is 17.4 Å². The highest BCUT2D eigenvalue weighted by atomic mass is 19.4. The Kier molecular flexibility index (Phi) is 3.91. The second kappa shape index (κ2) is 5.78. The molecule has 0 aliphatic heterocycles. The first-order valence-corrected chi connectivity index (χ1v) is 6.94. The monoisotopic (exact) mass is 338 g/mol. The number of alkyl halides is 3. The molecule has 24 heavy (non-hydrogen) atoms. The number of fused-ring (bicyclic) bond motifs is 1. The standard InChI is InChI=1S/C18H11F5O/c1-24-13-5-2-10(3-6-13)11-4-7-14-12(8-11)9-15(19)16(17(14)20)18(21,22)23/h2-9H,1H3. The summed E-state index contributed by atoms with van der Waals surface area (Å²) in [6.07, 6.45) is -5.09. The Labute approximate surface area is 134 Å². The number of hydrogen-bond acceptors (Lipinski definition) is 1. The van der Waals surface area contributed by atoms with Crippen molar-refractivity contribution in [2.24, 2.45) is 0 Å². The van der Waals surface area contributed by atoms with Gasteiger partial charge in [-0.05, 0) is 40.8 Å². The Morgan fingerprint density at radius 1 is 0.833 bits per heavy atom. The predicted octanol–water partition coefficient (Wildman–Crippen LogP) is 5.81. The second-order valence-corrected chi connectivity index (χ2v) is 5.21. The smallest absolute Gasteiger partial charge is 0.422 e. The Morgan fingerprint density at radius 3 is 2.04 bits per heavy atom. The summed E-state index contributed by atoms with van der Waals surface area (Å²) in [7, 11) is 1.52. The van der Waals surface area contributed by atoms with Crippen LogP contribution in [0.3, 0.4) is 0 Å². The van der Waals surface area contributed by atoms with Gasteiger partial charge < -0.3 is 4.74 Å². The lowest BCUT2D eigenvalue weighted by atomic mass is 9.99. The van der Waals surface area contributed by atoms with Gasteiger partial charge in [0.05, 0.1) is 7.11 Å². The third-order valence-corrected chi connectivity index (χ3v) is 3.74. The lowest BCUT2D eigenvalue weighted by molar-refractivity contribution is -0.142. The summed E-state index contributed by atoms with van der Waals surface area (Å²) in [5.74, 6) is -2.58. The molecule has 0 fully saturated rings. The largest absolute Gasteiger partial charge is 0.497 e. The maximum absolute atomic E-state index is 14.1. The number of rotatable bonds is 2. The number of ether oxygens (including phenoxy) is 1. The van der Waals surface area contributed by atoms with E-state index in [1.807, 2.05) is 0 Å². The van der Waals surface area contributed by atoms with Crippen LogP contribution >= 0.6 is 0 Å². The highest BCUT2D eigenvalue weighted by molar-refractivity contribution is 5.88. The molecule has 0 radical (unpaired) electrons. The zero-order valence-electron chi connectivity index (χ0n) is 12.4. The summed E-state index contributed by atoms with van der Waals surface area (Å²) < 4.78 is 71.1. The zero-order valence-corrected chi connectivity index (χ0v) is 12.4. The van der Waals surface area contributed by atoms with Gasteiger partial charge in [-0.1, -0.05) is 24.3 Å². The fourth-order valence-electron chi connectivity index (χ4n) is 2.55. The van der Waals surface area contributed by atoms with Gasteiger partial charge in [0.1, 0.15) is 22.9 Å². The van der Waals surface area contributed by atoms with E-state index in [-0.39, 0.29) is 10.8 Å². The molecule has 0 atom stereocenters. The molecular formula is C18H11F5O. The van der Waals surface area contributed by atoms with Crippen molar-refractivity contribution in [1.82, 2.24) is 0 Å². The third-order valence-electron chi connectivity index (χ3n) is 3.74. The molecule has 124 valence electrons. The van der Waals surface area contributed by atoms with E-state index in [1.54, 1.807) is 24.3 Å². The molecular weight excluding hydrogens is 327 g/mol. The Hall–Kier alpha value is -2.63. The molecule has 3 aromatic carbocycles. The average Bonchev–Trinajstić information content (AvgIpc) is 2.53. The summed E-state index contributed by atoms with van der Waals surface area (Å²) in [6.45, 7) is 0. The van der Waals surface area contributed by atoms with Crippen LogP contribution in [0, 0.1) is 11.6 Å². The maximum Gasteiger partial charge on any atom is 0.422 e. The Bertz CT molecular complexity index is 898. The first kappa shape index (κ1) is 16.2. The van der Waals surface area contributed by atoms with Crippen LogP contribution in [-0.2, 0) is 6.18 Å². The summed E-state index contributed by atoms with van der Waals surface area (Å²) in [4.78, 5) is 0. The van der Waals surface area contributed by atoms with Crippen LogP contribution in [0.25, 0.3) is 21.9 Å². The van der Waals surface area contributed by atoms with E-state index in [2.05, 4.69) is 0 Å². The van der Waals surface area contributed by atoms with E-state index in [4.69, 9.17) is 4.74 Å².